The Labute approximate surface area is 99.4 Å². The Morgan fingerprint density at radius 2 is 1.81 bits per heavy atom. The van der Waals surface area contributed by atoms with E-state index in [2.05, 4.69) is 20.9 Å². The standard InChI is InChI=1S/C8HBrClF3N2O/c9-2-4(12)3(11)1-6(5(2)13)14-8(10)15-7(1)16/h(H,14,15,16). The van der Waals surface area contributed by atoms with Gasteiger partial charge in [-0.1, -0.05) is 0 Å². The van der Waals surface area contributed by atoms with E-state index in [1.807, 2.05) is 4.98 Å². The van der Waals surface area contributed by atoms with Crippen molar-refractivity contribution in [3.05, 3.63) is 37.6 Å². The fraction of sp³-hybridized carbons (Fsp3) is 0. The number of hydrogen-bond donors (Lipinski definition) is 1. The SMILES string of the molecule is O=c1[nH]c(Cl)nc2c(F)c(Br)c(F)c(F)c12. The van der Waals surface area contributed by atoms with Crippen molar-refractivity contribution in [2.75, 3.05) is 0 Å². The first-order chi connectivity index (χ1) is 7.43. The Kier molecular flexibility index (Phi) is 2.67. The number of fused-ring (bicyclic) bond motifs is 1. The van der Waals surface area contributed by atoms with E-state index in [1.165, 1.54) is 0 Å². The minimum absolute atomic E-state index is 0.408. The summed E-state index contributed by atoms with van der Waals surface area (Å²) in [5, 5.41) is -1.21. The lowest BCUT2D eigenvalue weighted by molar-refractivity contribution is 0.497. The van der Waals surface area contributed by atoms with Gasteiger partial charge in [0.15, 0.2) is 17.5 Å². The fourth-order valence-corrected chi connectivity index (χ4v) is 1.75. The fourth-order valence-electron chi connectivity index (χ4n) is 1.21. The highest BCUT2D eigenvalue weighted by Gasteiger charge is 2.22. The zero-order chi connectivity index (χ0) is 12.0. The van der Waals surface area contributed by atoms with Crippen LogP contribution in [0.15, 0.2) is 9.27 Å². The number of hydrogen-bond acceptors (Lipinski definition) is 2. The summed E-state index contributed by atoms with van der Waals surface area (Å²) >= 11 is 7.89. The third-order valence-electron chi connectivity index (χ3n) is 1.90. The van der Waals surface area contributed by atoms with Gasteiger partial charge < -0.3 is 0 Å². The molecule has 0 unspecified atom stereocenters. The van der Waals surface area contributed by atoms with Gasteiger partial charge in [-0.15, -0.1) is 0 Å². The Hall–Kier alpha value is -1.08. The molecule has 8 heteroatoms. The summed E-state index contributed by atoms with van der Waals surface area (Å²) in [5.74, 6) is -4.14. The Bertz CT molecular complexity index is 658. The molecule has 2 aromatic rings. The minimum Gasteiger partial charge on any atom is -0.297 e. The minimum atomic E-state index is -1.49. The van der Waals surface area contributed by atoms with E-state index in [9.17, 15) is 18.0 Å². The lowest BCUT2D eigenvalue weighted by Gasteiger charge is -2.04. The van der Waals surface area contributed by atoms with Gasteiger partial charge in [0.05, 0.1) is 4.47 Å². The third kappa shape index (κ3) is 1.51. The van der Waals surface area contributed by atoms with E-state index in [0.29, 0.717) is 0 Å². The summed E-state index contributed by atoms with van der Waals surface area (Å²) in [4.78, 5) is 16.6. The highest BCUT2D eigenvalue weighted by molar-refractivity contribution is 9.10. The van der Waals surface area contributed by atoms with Crippen LogP contribution in [0.3, 0.4) is 0 Å². The lowest BCUT2D eigenvalue weighted by Crippen LogP contribution is -2.12. The maximum Gasteiger partial charge on any atom is 0.262 e. The quantitative estimate of drug-likeness (QED) is 0.462. The monoisotopic (exact) mass is 312 g/mol. The van der Waals surface area contributed by atoms with Crippen LogP contribution in [0.4, 0.5) is 13.2 Å². The second-order valence-electron chi connectivity index (χ2n) is 2.84. The van der Waals surface area contributed by atoms with Crippen LogP contribution in [0.2, 0.25) is 5.28 Å². The number of nitrogens with zero attached hydrogens (tertiary/aromatic N) is 1. The second kappa shape index (κ2) is 3.74. The van der Waals surface area contributed by atoms with Gasteiger partial charge in [0.2, 0.25) is 5.28 Å². The summed E-state index contributed by atoms with van der Waals surface area (Å²) < 4.78 is 39.2. The molecule has 1 aromatic carbocycles. The molecule has 0 saturated carbocycles. The van der Waals surface area contributed by atoms with Gasteiger partial charge in [0.25, 0.3) is 5.56 Å². The maximum absolute atomic E-state index is 13.5. The van der Waals surface area contributed by atoms with Crippen molar-refractivity contribution < 1.29 is 13.2 Å². The van der Waals surface area contributed by atoms with Gasteiger partial charge in [-0.05, 0) is 27.5 Å². The number of halogens is 5. The van der Waals surface area contributed by atoms with Crippen LogP contribution in [0.25, 0.3) is 10.9 Å². The van der Waals surface area contributed by atoms with Gasteiger partial charge in [0.1, 0.15) is 10.9 Å². The van der Waals surface area contributed by atoms with Crippen LogP contribution in [-0.4, -0.2) is 9.97 Å². The number of aromatic amines is 1. The van der Waals surface area contributed by atoms with E-state index in [0.717, 1.165) is 0 Å². The van der Waals surface area contributed by atoms with Crippen molar-refractivity contribution in [3.63, 3.8) is 0 Å². The van der Waals surface area contributed by atoms with Crippen LogP contribution >= 0.6 is 27.5 Å². The number of benzene rings is 1. The zero-order valence-electron chi connectivity index (χ0n) is 7.25. The van der Waals surface area contributed by atoms with E-state index in [4.69, 9.17) is 11.6 Å². The lowest BCUT2D eigenvalue weighted by atomic mass is 10.2. The predicted octanol–water partition coefficient (Wildman–Crippen LogP) is 2.76. The van der Waals surface area contributed by atoms with Crippen LogP contribution in [0.1, 0.15) is 0 Å². The first-order valence-electron chi connectivity index (χ1n) is 3.85. The number of H-pyrrole nitrogens is 1. The van der Waals surface area contributed by atoms with Gasteiger partial charge >= 0.3 is 0 Å². The highest BCUT2D eigenvalue weighted by atomic mass is 79.9. The average molecular weight is 313 g/mol. The van der Waals surface area contributed by atoms with Crippen molar-refractivity contribution in [2.24, 2.45) is 0 Å². The molecule has 84 valence electrons. The molecule has 0 bridgehead atoms. The molecule has 3 nitrogen and oxygen atoms in total. The largest absolute Gasteiger partial charge is 0.297 e. The van der Waals surface area contributed by atoms with E-state index in [-0.39, 0.29) is 0 Å². The summed E-state index contributed by atoms with van der Waals surface area (Å²) in [6.45, 7) is 0. The Morgan fingerprint density at radius 3 is 2.44 bits per heavy atom. The van der Waals surface area contributed by atoms with E-state index < -0.39 is 43.7 Å². The summed E-state index contributed by atoms with van der Waals surface area (Å²) in [5.41, 5.74) is -1.67. The Morgan fingerprint density at radius 1 is 1.19 bits per heavy atom. The van der Waals surface area contributed by atoms with Gasteiger partial charge in [-0.3, -0.25) is 9.78 Å². The van der Waals surface area contributed by atoms with Crippen molar-refractivity contribution >= 4 is 38.4 Å². The zero-order valence-corrected chi connectivity index (χ0v) is 9.59. The summed E-state index contributed by atoms with van der Waals surface area (Å²) in [7, 11) is 0. The number of nitrogens with one attached hydrogen (secondary N) is 1. The Balaban J connectivity index is 3.15. The van der Waals surface area contributed by atoms with Crippen LogP contribution in [0, 0.1) is 17.5 Å². The van der Waals surface area contributed by atoms with E-state index in [1.54, 1.807) is 0 Å². The molecule has 1 aromatic heterocycles. The van der Waals surface area contributed by atoms with Crippen LogP contribution in [0.5, 0.6) is 0 Å². The number of rotatable bonds is 0. The molecule has 0 saturated heterocycles. The molecule has 0 aliphatic rings. The highest BCUT2D eigenvalue weighted by Crippen LogP contribution is 2.28. The van der Waals surface area contributed by atoms with Gasteiger partial charge in [0, 0.05) is 0 Å². The molecular formula is C8HBrClF3N2O. The number of aromatic nitrogens is 2. The molecule has 16 heavy (non-hydrogen) atoms. The van der Waals surface area contributed by atoms with Crippen molar-refractivity contribution in [1.82, 2.24) is 9.97 Å². The molecule has 1 heterocycles. The predicted molar refractivity (Wildman–Crippen MR) is 54.9 cm³/mol. The maximum atomic E-state index is 13.5. The molecule has 0 aliphatic heterocycles. The first-order valence-corrected chi connectivity index (χ1v) is 5.02. The van der Waals surface area contributed by atoms with Crippen molar-refractivity contribution in [1.29, 1.82) is 0 Å². The topological polar surface area (TPSA) is 45.8 Å². The molecular weight excluding hydrogens is 312 g/mol. The van der Waals surface area contributed by atoms with Gasteiger partial charge in [-0.2, -0.15) is 0 Å². The first kappa shape index (κ1) is 11.4. The smallest absolute Gasteiger partial charge is 0.262 e. The van der Waals surface area contributed by atoms with Crippen molar-refractivity contribution in [3.8, 4) is 0 Å². The molecule has 0 spiro atoms. The van der Waals surface area contributed by atoms with Crippen LogP contribution < -0.4 is 5.56 Å². The van der Waals surface area contributed by atoms with Crippen molar-refractivity contribution in [2.45, 2.75) is 0 Å². The normalized spacial score (nSPS) is 11.1. The molecule has 0 atom stereocenters. The van der Waals surface area contributed by atoms with Gasteiger partial charge in [-0.25, -0.2) is 18.2 Å². The molecule has 0 amide bonds. The summed E-state index contributed by atoms with van der Waals surface area (Å²) in [6, 6.07) is 0. The summed E-state index contributed by atoms with van der Waals surface area (Å²) in [6.07, 6.45) is 0. The molecule has 1 N–H and O–H groups in total. The third-order valence-corrected chi connectivity index (χ3v) is 2.77. The molecule has 0 radical (unpaired) electrons. The molecule has 0 fully saturated rings. The second-order valence-corrected chi connectivity index (χ2v) is 3.99. The van der Waals surface area contributed by atoms with E-state index >= 15 is 0 Å². The van der Waals surface area contributed by atoms with Crippen LogP contribution in [-0.2, 0) is 0 Å². The molecule has 0 aliphatic carbocycles. The average Bonchev–Trinajstić information content (AvgIpc) is 2.22. The molecule has 2 rings (SSSR count).